The number of benzene rings is 2. The van der Waals surface area contributed by atoms with Gasteiger partial charge in [-0.1, -0.05) is 35.5 Å². The fourth-order valence-corrected chi connectivity index (χ4v) is 3.26. The molecule has 0 bridgehead atoms. The Kier molecular flexibility index (Phi) is 5.02. The predicted molar refractivity (Wildman–Crippen MR) is 112 cm³/mol. The summed E-state index contributed by atoms with van der Waals surface area (Å²) in [5, 5.41) is 6.94. The van der Waals surface area contributed by atoms with Gasteiger partial charge in [0.1, 0.15) is 6.61 Å². The van der Waals surface area contributed by atoms with Crippen LogP contribution in [-0.4, -0.2) is 33.7 Å². The molecule has 0 spiro atoms. The van der Waals surface area contributed by atoms with Crippen molar-refractivity contribution < 1.29 is 18.8 Å². The zero-order chi connectivity index (χ0) is 21.0. The SMILES string of the molecule is O=C(Nc1ccccc1Cc1nc(-c2cccnc2)no1)C1COc2ccccc2O1. The summed E-state index contributed by atoms with van der Waals surface area (Å²) >= 11 is 0. The molecule has 154 valence electrons. The number of carbonyl (C=O) groups is 1. The first-order chi connectivity index (χ1) is 15.3. The van der Waals surface area contributed by atoms with E-state index in [0.717, 1.165) is 11.1 Å². The number of amides is 1. The van der Waals surface area contributed by atoms with Crippen LogP contribution in [0.25, 0.3) is 11.4 Å². The van der Waals surface area contributed by atoms with Gasteiger partial charge in [-0.25, -0.2) is 0 Å². The predicted octanol–water partition coefficient (Wildman–Crippen LogP) is 3.50. The van der Waals surface area contributed by atoms with Gasteiger partial charge < -0.3 is 19.3 Å². The highest BCUT2D eigenvalue weighted by Crippen LogP contribution is 2.31. The summed E-state index contributed by atoms with van der Waals surface area (Å²) in [5.74, 6) is 1.80. The molecule has 8 nitrogen and oxygen atoms in total. The fraction of sp³-hybridized carbons (Fsp3) is 0.130. The van der Waals surface area contributed by atoms with Crippen molar-refractivity contribution in [3.63, 3.8) is 0 Å². The molecule has 31 heavy (non-hydrogen) atoms. The van der Waals surface area contributed by atoms with E-state index in [2.05, 4.69) is 20.4 Å². The van der Waals surface area contributed by atoms with Crippen molar-refractivity contribution in [2.24, 2.45) is 0 Å². The van der Waals surface area contributed by atoms with E-state index >= 15 is 0 Å². The summed E-state index contributed by atoms with van der Waals surface area (Å²) in [7, 11) is 0. The Morgan fingerprint density at radius 3 is 2.74 bits per heavy atom. The quantitative estimate of drug-likeness (QED) is 0.533. The molecule has 0 radical (unpaired) electrons. The summed E-state index contributed by atoms with van der Waals surface area (Å²) in [5.41, 5.74) is 2.26. The standard InChI is InChI=1S/C23H18N4O4/c28-23(20-14-29-18-9-3-4-10-19(18)30-20)25-17-8-2-1-6-15(17)12-21-26-22(27-31-21)16-7-5-11-24-13-16/h1-11,13,20H,12,14H2,(H,25,28). The molecule has 1 atom stereocenters. The summed E-state index contributed by atoms with van der Waals surface area (Å²) in [6, 6.07) is 18.4. The van der Waals surface area contributed by atoms with E-state index in [-0.39, 0.29) is 12.5 Å². The van der Waals surface area contributed by atoms with Gasteiger partial charge in [-0.15, -0.1) is 0 Å². The van der Waals surface area contributed by atoms with E-state index in [1.165, 1.54) is 0 Å². The monoisotopic (exact) mass is 414 g/mol. The van der Waals surface area contributed by atoms with Crippen molar-refractivity contribution >= 4 is 11.6 Å². The molecule has 1 aliphatic rings. The molecule has 0 fully saturated rings. The van der Waals surface area contributed by atoms with Crippen molar-refractivity contribution in [2.45, 2.75) is 12.5 Å². The molecule has 2 aromatic heterocycles. The molecule has 0 aliphatic carbocycles. The molecule has 5 rings (SSSR count). The zero-order valence-electron chi connectivity index (χ0n) is 16.4. The highest BCUT2D eigenvalue weighted by molar-refractivity contribution is 5.95. The van der Waals surface area contributed by atoms with Crippen molar-refractivity contribution in [3.05, 3.63) is 84.5 Å². The molecular formula is C23H18N4O4. The zero-order valence-corrected chi connectivity index (χ0v) is 16.4. The fourth-order valence-electron chi connectivity index (χ4n) is 3.26. The largest absolute Gasteiger partial charge is 0.485 e. The van der Waals surface area contributed by atoms with Gasteiger partial charge in [0, 0.05) is 23.6 Å². The summed E-state index contributed by atoms with van der Waals surface area (Å²) in [6.07, 6.45) is 2.98. The summed E-state index contributed by atoms with van der Waals surface area (Å²) < 4.78 is 16.8. The number of hydrogen-bond acceptors (Lipinski definition) is 7. The van der Waals surface area contributed by atoms with E-state index in [1.807, 2.05) is 54.6 Å². The number of rotatable bonds is 5. The Bertz CT molecular complexity index is 1210. The normalized spacial score (nSPS) is 14.8. The van der Waals surface area contributed by atoms with Crippen LogP contribution in [0.15, 0.2) is 77.6 Å². The van der Waals surface area contributed by atoms with Gasteiger partial charge in [-0.05, 0) is 35.9 Å². The van der Waals surface area contributed by atoms with Crippen molar-refractivity contribution in [1.29, 1.82) is 0 Å². The molecule has 0 saturated heterocycles. The van der Waals surface area contributed by atoms with E-state index < -0.39 is 6.10 Å². The Balaban J connectivity index is 1.30. The van der Waals surface area contributed by atoms with Gasteiger partial charge >= 0.3 is 0 Å². The van der Waals surface area contributed by atoms with Crippen LogP contribution in [0.3, 0.4) is 0 Å². The number of nitrogens with zero attached hydrogens (tertiary/aromatic N) is 3. The van der Waals surface area contributed by atoms with Gasteiger partial charge in [-0.2, -0.15) is 4.98 Å². The number of hydrogen-bond donors (Lipinski definition) is 1. The molecule has 8 heteroatoms. The summed E-state index contributed by atoms with van der Waals surface area (Å²) in [6.45, 7) is 0.142. The van der Waals surface area contributed by atoms with Crippen LogP contribution in [0.2, 0.25) is 0 Å². The molecule has 4 aromatic rings. The average Bonchev–Trinajstić information content (AvgIpc) is 3.29. The Morgan fingerprint density at radius 2 is 1.87 bits per heavy atom. The van der Waals surface area contributed by atoms with Gasteiger partial charge in [0.25, 0.3) is 5.91 Å². The van der Waals surface area contributed by atoms with E-state index in [0.29, 0.717) is 35.3 Å². The minimum absolute atomic E-state index is 0.142. The van der Waals surface area contributed by atoms with Crippen molar-refractivity contribution in [1.82, 2.24) is 15.1 Å². The third kappa shape index (κ3) is 4.09. The maximum Gasteiger partial charge on any atom is 0.269 e. The molecule has 3 heterocycles. The van der Waals surface area contributed by atoms with Crippen LogP contribution in [0.4, 0.5) is 5.69 Å². The Hall–Kier alpha value is -4.20. The average molecular weight is 414 g/mol. The Morgan fingerprint density at radius 1 is 1.03 bits per heavy atom. The topological polar surface area (TPSA) is 99.4 Å². The van der Waals surface area contributed by atoms with Gasteiger partial charge in [-0.3, -0.25) is 9.78 Å². The minimum atomic E-state index is -0.747. The van der Waals surface area contributed by atoms with Crippen LogP contribution < -0.4 is 14.8 Å². The van der Waals surface area contributed by atoms with E-state index in [4.69, 9.17) is 14.0 Å². The van der Waals surface area contributed by atoms with Crippen LogP contribution in [-0.2, 0) is 11.2 Å². The first kappa shape index (κ1) is 18.8. The van der Waals surface area contributed by atoms with Gasteiger partial charge in [0.05, 0.1) is 6.42 Å². The highest BCUT2D eigenvalue weighted by atomic mass is 16.6. The smallest absolute Gasteiger partial charge is 0.269 e. The first-order valence-electron chi connectivity index (χ1n) is 9.76. The molecule has 0 saturated carbocycles. The minimum Gasteiger partial charge on any atom is -0.485 e. The maximum absolute atomic E-state index is 12.8. The second-order valence-electron chi connectivity index (χ2n) is 6.94. The second-order valence-corrected chi connectivity index (χ2v) is 6.94. The lowest BCUT2D eigenvalue weighted by Crippen LogP contribution is -2.40. The Labute approximate surface area is 177 Å². The maximum atomic E-state index is 12.8. The van der Waals surface area contributed by atoms with Crippen molar-refractivity contribution in [2.75, 3.05) is 11.9 Å². The third-order valence-corrected chi connectivity index (χ3v) is 4.81. The van der Waals surface area contributed by atoms with Crippen LogP contribution in [0, 0.1) is 0 Å². The molecule has 1 N–H and O–H groups in total. The summed E-state index contributed by atoms with van der Waals surface area (Å²) in [4.78, 5) is 21.3. The molecule has 1 amide bonds. The lowest BCUT2D eigenvalue weighted by Gasteiger charge is -2.25. The van der Waals surface area contributed by atoms with Crippen LogP contribution >= 0.6 is 0 Å². The van der Waals surface area contributed by atoms with Crippen LogP contribution in [0.5, 0.6) is 11.5 Å². The number of carbonyl (C=O) groups excluding carboxylic acids is 1. The number of pyridine rings is 1. The van der Waals surface area contributed by atoms with Crippen molar-refractivity contribution in [3.8, 4) is 22.9 Å². The first-order valence-corrected chi connectivity index (χ1v) is 9.76. The van der Waals surface area contributed by atoms with Gasteiger partial charge in [0.15, 0.2) is 11.5 Å². The van der Waals surface area contributed by atoms with Crippen LogP contribution in [0.1, 0.15) is 11.5 Å². The lowest BCUT2D eigenvalue weighted by molar-refractivity contribution is -0.125. The van der Waals surface area contributed by atoms with E-state index in [9.17, 15) is 4.79 Å². The molecule has 2 aromatic carbocycles. The highest BCUT2D eigenvalue weighted by Gasteiger charge is 2.27. The number of aromatic nitrogens is 3. The lowest BCUT2D eigenvalue weighted by atomic mass is 10.1. The van der Waals surface area contributed by atoms with Gasteiger partial charge in [0.2, 0.25) is 17.8 Å². The number of nitrogens with one attached hydrogen (secondary N) is 1. The molecule has 1 aliphatic heterocycles. The number of fused-ring (bicyclic) bond motifs is 1. The number of ether oxygens (including phenoxy) is 2. The number of para-hydroxylation sites is 3. The molecular weight excluding hydrogens is 396 g/mol. The number of anilines is 1. The second kappa shape index (κ2) is 8.27. The third-order valence-electron chi connectivity index (χ3n) is 4.81. The van der Waals surface area contributed by atoms with E-state index in [1.54, 1.807) is 18.5 Å². The molecule has 1 unspecified atom stereocenters.